The molecule has 1 aliphatic carbocycles. The Kier molecular flexibility index (Phi) is 4.61. The number of hydrogen-bond acceptors (Lipinski definition) is 4. The van der Waals surface area contributed by atoms with E-state index in [9.17, 15) is 10.1 Å². The Morgan fingerprint density at radius 3 is 2.67 bits per heavy atom. The summed E-state index contributed by atoms with van der Waals surface area (Å²) in [6.07, 6.45) is 5.94. The van der Waals surface area contributed by atoms with Gasteiger partial charge in [0.25, 0.3) is 5.69 Å². The lowest BCUT2D eigenvalue weighted by Gasteiger charge is -2.25. The molecule has 1 fully saturated rings. The number of nitro groups is 1. The lowest BCUT2D eigenvalue weighted by atomic mass is 9.90. The average molecular weight is 291 g/mol. The van der Waals surface area contributed by atoms with Crippen LogP contribution in [0.4, 0.5) is 5.69 Å². The van der Waals surface area contributed by atoms with Crippen LogP contribution in [0.5, 0.6) is 0 Å². The second kappa shape index (κ2) is 6.10. The predicted octanol–water partition coefficient (Wildman–Crippen LogP) is 3.32. The molecular weight excluding hydrogens is 266 g/mol. The van der Waals surface area contributed by atoms with Crippen molar-refractivity contribution in [3.8, 4) is 0 Å². The number of rotatable bonds is 7. The largest absolute Gasteiger partial charge is 0.314 e. The minimum absolute atomic E-state index is 0.227. The van der Waals surface area contributed by atoms with Crippen molar-refractivity contribution in [2.24, 2.45) is 5.41 Å². The van der Waals surface area contributed by atoms with Gasteiger partial charge in [0.2, 0.25) is 0 Å². The van der Waals surface area contributed by atoms with Crippen molar-refractivity contribution in [3.05, 3.63) is 33.1 Å². The van der Waals surface area contributed by atoms with Crippen LogP contribution in [0.3, 0.4) is 0 Å². The Hall–Kier alpha value is -1.49. The van der Waals surface area contributed by atoms with Crippen LogP contribution in [-0.2, 0) is 6.42 Å². The molecule has 0 amide bonds. The van der Waals surface area contributed by atoms with Crippen molar-refractivity contribution in [3.63, 3.8) is 0 Å². The Bertz CT molecular complexity index is 539. The van der Waals surface area contributed by atoms with E-state index in [0.717, 1.165) is 30.6 Å². The van der Waals surface area contributed by atoms with Crippen molar-refractivity contribution in [1.82, 2.24) is 10.3 Å². The van der Waals surface area contributed by atoms with Crippen molar-refractivity contribution in [2.75, 3.05) is 6.54 Å². The van der Waals surface area contributed by atoms with E-state index in [-0.39, 0.29) is 16.0 Å². The zero-order chi connectivity index (χ0) is 15.6. The van der Waals surface area contributed by atoms with E-state index in [1.54, 1.807) is 13.1 Å². The molecule has 1 aromatic heterocycles. The average Bonchev–Trinajstić information content (AvgIpc) is 3.20. The minimum Gasteiger partial charge on any atom is -0.314 e. The van der Waals surface area contributed by atoms with Crippen molar-refractivity contribution in [1.29, 1.82) is 0 Å². The van der Waals surface area contributed by atoms with E-state index < -0.39 is 0 Å². The summed E-state index contributed by atoms with van der Waals surface area (Å²) in [7, 11) is 0. The summed E-state index contributed by atoms with van der Waals surface area (Å²) in [6, 6.07) is 0.430. The van der Waals surface area contributed by atoms with Gasteiger partial charge in [-0.15, -0.1) is 0 Å². The Labute approximate surface area is 126 Å². The molecule has 0 radical (unpaired) electrons. The molecule has 0 saturated heterocycles. The zero-order valence-electron chi connectivity index (χ0n) is 13.4. The number of aromatic nitrogens is 1. The SMILES string of the molecule is CCCNC(C)C1(Cc2ncc(C)c([N+](=O)[O-])c2C)CC1. The van der Waals surface area contributed by atoms with E-state index in [4.69, 9.17) is 0 Å². The third kappa shape index (κ3) is 3.23. The van der Waals surface area contributed by atoms with E-state index in [1.165, 1.54) is 12.8 Å². The highest BCUT2D eigenvalue weighted by molar-refractivity contribution is 5.47. The van der Waals surface area contributed by atoms with E-state index in [1.807, 2.05) is 6.92 Å². The van der Waals surface area contributed by atoms with Gasteiger partial charge >= 0.3 is 0 Å². The molecule has 5 nitrogen and oxygen atoms in total. The molecule has 1 N–H and O–H groups in total. The van der Waals surface area contributed by atoms with Gasteiger partial charge in [-0.05, 0) is 58.4 Å². The minimum atomic E-state index is -0.284. The third-order valence-electron chi connectivity index (χ3n) is 4.79. The van der Waals surface area contributed by atoms with Crippen LogP contribution in [0.1, 0.15) is 49.9 Å². The molecule has 116 valence electrons. The first-order chi connectivity index (χ1) is 9.91. The number of pyridine rings is 1. The fraction of sp³-hybridized carbons (Fsp3) is 0.688. The van der Waals surface area contributed by atoms with Crippen molar-refractivity contribution in [2.45, 2.75) is 59.4 Å². The summed E-state index contributed by atoms with van der Waals surface area (Å²) < 4.78 is 0. The first-order valence-corrected chi connectivity index (χ1v) is 7.74. The van der Waals surface area contributed by atoms with Gasteiger partial charge in [-0.25, -0.2) is 0 Å². The number of nitrogens with zero attached hydrogens (tertiary/aromatic N) is 2. The molecule has 1 atom stereocenters. The lowest BCUT2D eigenvalue weighted by Crippen LogP contribution is -2.36. The van der Waals surface area contributed by atoms with Crippen LogP contribution in [-0.4, -0.2) is 22.5 Å². The smallest absolute Gasteiger partial charge is 0.278 e. The first kappa shape index (κ1) is 15.9. The highest BCUT2D eigenvalue weighted by Gasteiger charge is 2.47. The summed E-state index contributed by atoms with van der Waals surface area (Å²) in [5.41, 5.74) is 2.72. The standard InChI is InChI=1S/C16H25N3O2/c1-5-8-17-13(4)16(6-7-16)9-14-12(3)15(19(20)21)11(2)10-18-14/h10,13,17H,5-9H2,1-4H3. The topological polar surface area (TPSA) is 68.1 Å². The van der Waals surface area contributed by atoms with Gasteiger partial charge in [0, 0.05) is 23.4 Å². The van der Waals surface area contributed by atoms with E-state index in [0.29, 0.717) is 11.6 Å². The zero-order valence-corrected chi connectivity index (χ0v) is 13.4. The van der Waals surface area contributed by atoms with Gasteiger partial charge in [-0.3, -0.25) is 15.1 Å². The Morgan fingerprint density at radius 2 is 2.14 bits per heavy atom. The van der Waals surface area contributed by atoms with E-state index >= 15 is 0 Å². The van der Waals surface area contributed by atoms with Gasteiger partial charge in [0.1, 0.15) is 0 Å². The molecule has 0 bridgehead atoms. The molecule has 1 unspecified atom stereocenters. The summed E-state index contributed by atoms with van der Waals surface area (Å²) in [4.78, 5) is 15.4. The van der Waals surface area contributed by atoms with Crippen molar-refractivity contribution < 1.29 is 4.92 Å². The highest BCUT2D eigenvalue weighted by Crippen LogP contribution is 2.51. The molecule has 0 aliphatic heterocycles. The Morgan fingerprint density at radius 1 is 1.48 bits per heavy atom. The van der Waals surface area contributed by atoms with Gasteiger partial charge < -0.3 is 5.32 Å². The molecule has 1 heterocycles. The summed E-state index contributed by atoms with van der Waals surface area (Å²) >= 11 is 0. The molecule has 2 rings (SSSR count). The predicted molar refractivity (Wildman–Crippen MR) is 83.5 cm³/mol. The first-order valence-electron chi connectivity index (χ1n) is 7.74. The maximum atomic E-state index is 11.2. The molecule has 0 spiro atoms. The summed E-state index contributed by atoms with van der Waals surface area (Å²) in [6.45, 7) is 8.98. The highest BCUT2D eigenvalue weighted by atomic mass is 16.6. The quantitative estimate of drug-likeness (QED) is 0.618. The second-order valence-electron chi connectivity index (χ2n) is 6.33. The van der Waals surface area contributed by atoms with Gasteiger partial charge in [0.05, 0.1) is 10.6 Å². The molecular formula is C16H25N3O2. The molecule has 5 heteroatoms. The second-order valence-corrected chi connectivity index (χ2v) is 6.33. The maximum Gasteiger partial charge on any atom is 0.278 e. The van der Waals surface area contributed by atoms with Crippen LogP contribution in [0, 0.1) is 29.4 Å². The normalized spacial score (nSPS) is 17.5. The van der Waals surface area contributed by atoms with Crippen molar-refractivity contribution >= 4 is 5.69 Å². The van der Waals surface area contributed by atoms with Crippen LogP contribution in [0.15, 0.2) is 6.20 Å². The molecule has 1 aromatic rings. The molecule has 0 aromatic carbocycles. The number of nitrogens with one attached hydrogen (secondary N) is 1. The molecule has 1 aliphatic rings. The Balaban J connectivity index is 2.20. The fourth-order valence-electron chi connectivity index (χ4n) is 3.06. The molecule has 1 saturated carbocycles. The maximum absolute atomic E-state index is 11.2. The van der Waals surface area contributed by atoms with Crippen LogP contribution >= 0.6 is 0 Å². The third-order valence-corrected chi connectivity index (χ3v) is 4.79. The van der Waals surface area contributed by atoms with E-state index in [2.05, 4.69) is 24.1 Å². The molecule has 21 heavy (non-hydrogen) atoms. The van der Waals surface area contributed by atoms with Gasteiger partial charge in [-0.1, -0.05) is 6.92 Å². The van der Waals surface area contributed by atoms with Crippen LogP contribution in [0.25, 0.3) is 0 Å². The fourth-order valence-corrected chi connectivity index (χ4v) is 3.06. The van der Waals surface area contributed by atoms with Gasteiger partial charge in [-0.2, -0.15) is 0 Å². The van der Waals surface area contributed by atoms with Gasteiger partial charge in [0.15, 0.2) is 0 Å². The van der Waals surface area contributed by atoms with Crippen LogP contribution < -0.4 is 5.32 Å². The number of hydrogen-bond donors (Lipinski definition) is 1. The summed E-state index contributed by atoms with van der Waals surface area (Å²) in [5.74, 6) is 0. The summed E-state index contributed by atoms with van der Waals surface area (Å²) in [5, 5.41) is 14.8. The van der Waals surface area contributed by atoms with Crippen LogP contribution in [0.2, 0.25) is 0 Å². The monoisotopic (exact) mass is 291 g/mol. The lowest BCUT2D eigenvalue weighted by molar-refractivity contribution is -0.386. The number of aryl methyl sites for hydroxylation is 1.